The van der Waals surface area contributed by atoms with Crippen LogP contribution in [0.25, 0.3) is 0 Å². The van der Waals surface area contributed by atoms with Crippen LogP contribution in [0.2, 0.25) is 0 Å². The molecule has 8 heteroatoms. The number of ether oxygens (including phenoxy) is 3. The Kier molecular flexibility index (Phi) is 5.39. The molecule has 1 N–H and O–H groups in total. The fourth-order valence-electron chi connectivity index (χ4n) is 2.95. The van der Waals surface area contributed by atoms with Crippen LogP contribution in [0.1, 0.15) is 29.9 Å². The topological polar surface area (TPSA) is 95.9 Å². The molecule has 1 aromatic carbocycles. The van der Waals surface area contributed by atoms with Gasteiger partial charge in [-0.2, -0.15) is 0 Å². The Hall–Kier alpha value is -3.29. The zero-order chi connectivity index (χ0) is 20.3. The van der Waals surface area contributed by atoms with E-state index in [1.165, 1.54) is 0 Å². The van der Waals surface area contributed by atoms with Gasteiger partial charge in [-0.3, -0.25) is 14.9 Å². The molecule has 8 nitrogen and oxygen atoms in total. The van der Waals surface area contributed by atoms with Crippen molar-refractivity contribution in [2.75, 3.05) is 13.2 Å². The quantitative estimate of drug-likeness (QED) is 0.758. The van der Waals surface area contributed by atoms with Crippen molar-refractivity contribution in [1.82, 2.24) is 9.88 Å². The Morgan fingerprint density at radius 1 is 1.18 bits per heavy atom. The van der Waals surface area contributed by atoms with Gasteiger partial charge in [-0.15, -0.1) is 0 Å². The van der Waals surface area contributed by atoms with Gasteiger partial charge in [0.15, 0.2) is 24.7 Å². The Morgan fingerprint density at radius 2 is 1.96 bits per heavy atom. The molecule has 0 spiro atoms. The number of esters is 1. The first-order valence-corrected chi connectivity index (χ1v) is 8.80. The number of aryl methyl sites for hydroxylation is 1. The minimum Gasteiger partial charge on any atom is -0.483 e. The van der Waals surface area contributed by atoms with Gasteiger partial charge in [0.1, 0.15) is 11.3 Å². The van der Waals surface area contributed by atoms with Crippen LogP contribution in [0.4, 0.5) is 0 Å². The molecule has 1 aliphatic rings. The first-order chi connectivity index (χ1) is 13.2. The smallest absolute Gasteiger partial charge is 0.344 e. The van der Waals surface area contributed by atoms with Crippen LogP contribution < -0.4 is 14.8 Å². The van der Waals surface area contributed by atoms with Gasteiger partial charge in [-0.1, -0.05) is 12.1 Å². The zero-order valence-corrected chi connectivity index (χ0v) is 16.0. The lowest BCUT2D eigenvalue weighted by molar-refractivity contribution is -0.150. The molecular formula is C20H22N2O6. The fraction of sp³-hybridized carbons (Fsp3) is 0.350. The van der Waals surface area contributed by atoms with Crippen molar-refractivity contribution in [3.63, 3.8) is 0 Å². The molecule has 1 aliphatic heterocycles. The number of carbonyl (C=O) groups is 3. The second-order valence-corrected chi connectivity index (χ2v) is 7.11. The van der Waals surface area contributed by atoms with Gasteiger partial charge in [-0.25, -0.2) is 4.79 Å². The molecule has 0 unspecified atom stereocenters. The highest BCUT2D eigenvalue weighted by molar-refractivity contribution is 6.04. The zero-order valence-electron chi connectivity index (χ0n) is 16.0. The number of para-hydroxylation sites is 1. The van der Waals surface area contributed by atoms with Crippen LogP contribution in [-0.2, 0) is 27.8 Å². The Labute approximate surface area is 162 Å². The molecule has 0 atom stereocenters. The lowest BCUT2D eigenvalue weighted by Gasteiger charge is -2.18. The van der Waals surface area contributed by atoms with Crippen molar-refractivity contribution < 1.29 is 28.6 Å². The average Bonchev–Trinajstić information content (AvgIpc) is 3.19. The second kappa shape index (κ2) is 7.75. The number of carbonyl (C=O) groups excluding carboxylic acids is 3. The summed E-state index contributed by atoms with van der Waals surface area (Å²) in [5, 5.41) is 2.16. The molecule has 28 heavy (non-hydrogen) atoms. The number of nitrogens with one attached hydrogen (secondary N) is 1. The van der Waals surface area contributed by atoms with Crippen molar-refractivity contribution in [1.29, 1.82) is 0 Å². The number of hydrogen-bond donors (Lipinski definition) is 1. The third-order valence-corrected chi connectivity index (χ3v) is 4.19. The summed E-state index contributed by atoms with van der Waals surface area (Å²) in [6, 6.07) is 8.74. The number of rotatable bonds is 6. The average molecular weight is 386 g/mol. The van der Waals surface area contributed by atoms with Gasteiger partial charge in [0.2, 0.25) is 0 Å². The van der Waals surface area contributed by atoms with Gasteiger partial charge in [0, 0.05) is 25.2 Å². The first-order valence-electron chi connectivity index (χ1n) is 8.80. The third kappa shape index (κ3) is 4.51. The van der Waals surface area contributed by atoms with Crippen LogP contribution in [0.15, 0.2) is 36.5 Å². The van der Waals surface area contributed by atoms with Gasteiger partial charge in [0.25, 0.3) is 11.8 Å². The van der Waals surface area contributed by atoms with E-state index >= 15 is 0 Å². The predicted octanol–water partition coefficient (Wildman–Crippen LogP) is 1.62. The van der Waals surface area contributed by atoms with E-state index in [1.807, 2.05) is 26.0 Å². The second-order valence-electron chi connectivity index (χ2n) is 7.11. The Bertz CT molecular complexity index is 915. The molecule has 2 heterocycles. The van der Waals surface area contributed by atoms with E-state index in [2.05, 4.69) is 5.32 Å². The molecule has 0 saturated heterocycles. The van der Waals surface area contributed by atoms with E-state index in [4.69, 9.17) is 14.2 Å². The van der Waals surface area contributed by atoms with Gasteiger partial charge >= 0.3 is 5.97 Å². The molecule has 148 valence electrons. The summed E-state index contributed by atoms with van der Waals surface area (Å²) in [4.78, 5) is 35.6. The number of hydrogen-bond acceptors (Lipinski definition) is 6. The van der Waals surface area contributed by atoms with E-state index in [9.17, 15) is 14.4 Å². The third-order valence-electron chi connectivity index (χ3n) is 4.19. The van der Waals surface area contributed by atoms with E-state index in [0.717, 1.165) is 12.0 Å². The van der Waals surface area contributed by atoms with Crippen molar-refractivity contribution in [3.8, 4) is 11.5 Å². The normalized spacial score (nSPS) is 14.0. The maximum Gasteiger partial charge on any atom is 0.344 e. The van der Waals surface area contributed by atoms with Crippen LogP contribution in [0.5, 0.6) is 11.5 Å². The van der Waals surface area contributed by atoms with E-state index in [1.54, 1.807) is 36.0 Å². The summed E-state index contributed by atoms with van der Waals surface area (Å²) >= 11 is 0. The summed E-state index contributed by atoms with van der Waals surface area (Å²) in [7, 11) is 1.68. The van der Waals surface area contributed by atoms with E-state index in [0.29, 0.717) is 17.2 Å². The summed E-state index contributed by atoms with van der Waals surface area (Å²) < 4.78 is 17.8. The van der Waals surface area contributed by atoms with Crippen molar-refractivity contribution in [2.24, 2.45) is 7.05 Å². The van der Waals surface area contributed by atoms with Crippen LogP contribution in [0, 0.1) is 0 Å². The predicted molar refractivity (Wildman–Crippen MR) is 99.2 cm³/mol. The summed E-state index contributed by atoms with van der Waals surface area (Å²) in [6.45, 7) is 2.99. The SMILES string of the molecule is Cn1cccc1C(=O)NC(=O)COC(=O)COc1cccc2c1OC(C)(C)C2. The highest BCUT2D eigenvalue weighted by atomic mass is 16.6. The van der Waals surface area contributed by atoms with Crippen molar-refractivity contribution in [3.05, 3.63) is 47.8 Å². The van der Waals surface area contributed by atoms with Crippen LogP contribution >= 0.6 is 0 Å². The minimum atomic E-state index is -0.726. The van der Waals surface area contributed by atoms with E-state index in [-0.39, 0.29) is 12.2 Å². The molecular weight excluding hydrogens is 364 g/mol. The lowest BCUT2D eigenvalue weighted by atomic mass is 10.0. The maximum atomic E-state index is 11.9. The number of aromatic nitrogens is 1. The first kappa shape index (κ1) is 19.5. The van der Waals surface area contributed by atoms with Crippen molar-refractivity contribution >= 4 is 17.8 Å². The number of imide groups is 1. The molecule has 0 bridgehead atoms. The minimum absolute atomic E-state index is 0.323. The summed E-state index contributed by atoms with van der Waals surface area (Å²) in [5.41, 5.74) is 1.00. The molecule has 0 aliphatic carbocycles. The number of fused-ring (bicyclic) bond motifs is 1. The molecule has 2 aromatic rings. The molecule has 1 aromatic heterocycles. The highest BCUT2D eigenvalue weighted by Gasteiger charge is 2.32. The maximum absolute atomic E-state index is 11.9. The van der Waals surface area contributed by atoms with Gasteiger partial charge in [0.05, 0.1) is 0 Å². The standard InChI is InChI=1S/C20H22N2O6/c1-20(2)10-13-6-4-8-15(18(13)28-20)26-12-17(24)27-11-16(23)21-19(25)14-7-5-9-22(14)3/h4-9H,10-12H2,1-3H3,(H,21,23,25). The van der Waals surface area contributed by atoms with Gasteiger partial charge < -0.3 is 18.8 Å². The molecule has 0 radical (unpaired) electrons. The van der Waals surface area contributed by atoms with Crippen LogP contribution in [0.3, 0.4) is 0 Å². The number of amides is 2. The molecule has 3 rings (SSSR count). The Morgan fingerprint density at radius 3 is 2.68 bits per heavy atom. The lowest BCUT2D eigenvalue weighted by Crippen LogP contribution is -2.35. The summed E-state index contributed by atoms with van der Waals surface area (Å²) in [6.07, 6.45) is 2.43. The monoisotopic (exact) mass is 386 g/mol. The van der Waals surface area contributed by atoms with Crippen molar-refractivity contribution in [2.45, 2.75) is 25.9 Å². The highest BCUT2D eigenvalue weighted by Crippen LogP contribution is 2.41. The van der Waals surface area contributed by atoms with Gasteiger partial charge in [-0.05, 0) is 32.0 Å². The number of benzene rings is 1. The molecule has 2 amide bonds. The van der Waals surface area contributed by atoms with E-state index < -0.39 is 24.4 Å². The number of nitrogens with zero attached hydrogens (tertiary/aromatic N) is 1. The fourth-order valence-corrected chi connectivity index (χ4v) is 2.95. The van der Waals surface area contributed by atoms with Crippen LogP contribution in [-0.4, -0.2) is 41.2 Å². The Balaban J connectivity index is 1.46. The summed E-state index contributed by atoms with van der Waals surface area (Å²) in [5.74, 6) is -0.944. The molecule has 0 saturated carbocycles. The molecule has 0 fully saturated rings. The largest absolute Gasteiger partial charge is 0.483 e.